The maximum Gasteiger partial charge on any atom is 0.148 e. The summed E-state index contributed by atoms with van der Waals surface area (Å²) in [5, 5.41) is 3.21. The number of benzene rings is 1. The van der Waals surface area contributed by atoms with Gasteiger partial charge in [0.05, 0.1) is 0 Å². The Morgan fingerprint density at radius 1 is 1.44 bits per heavy atom. The highest BCUT2D eigenvalue weighted by Crippen LogP contribution is 2.16. The molecule has 0 bridgehead atoms. The first kappa shape index (κ1) is 12.5. The molecule has 1 rings (SSSR count). The molecule has 86 valence electrons. The molecule has 0 saturated carbocycles. The SMILES string of the molecule is C#CCOc1cc(F)cc(CNC(C)C)c1. The van der Waals surface area contributed by atoms with Crippen LogP contribution in [0.15, 0.2) is 18.2 Å². The number of hydrogen-bond donors (Lipinski definition) is 1. The summed E-state index contributed by atoms with van der Waals surface area (Å²) in [4.78, 5) is 0. The molecule has 0 amide bonds. The van der Waals surface area contributed by atoms with Crippen molar-refractivity contribution in [3.05, 3.63) is 29.6 Å². The van der Waals surface area contributed by atoms with E-state index in [1.54, 1.807) is 6.07 Å². The first-order chi connectivity index (χ1) is 7.61. The lowest BCUT2D eigenvalue weighted by molar-refractivity contribution is 0.367. The molecule has 0 fully saturated rings. The average Bonchev–Trinajstić information content (AvgIpc) is 2.23. The lowest BCUT2D eigenvalue weighted by Gasteiger charge is -2.10. The standard InChI is InChI=1S/C13H16FNO/c1-4-5-16-13-7-11(6-12(14)8-13)9-15-10(2)3/h1,6-8,10,15H,5,9H2,2-3H3. The van der Waals surface area contributed by atoms with Crippen LogP contribution in [0.4, 0.5) is 4.39 Å². The van der Waals surface area contributed by atoms with E-state index < -0.39 is 0 Å². The molecule has 0 saturated heterocycles. The highest BCUT2D eigenvalue weighted by Gasteiger charge is 2.02. The molecule has 1 aromatic carbocycles. The van der Waals surface area contributed by atoms with Crippen molar-refractivity contribution in [1.82, 2.24) is 5.32 Å². The molecular formula is C13H16FNO. The van der Waals surface area contributed by atoms with Gasteiger partial charge in [-0.3, -0.25) is 0 Å². The molecule has 1 aromatic rings. The molecule has 0 aliphatic heterocycles. The predicted octanol–water partition coefficient (Wildman–Crippen LogP) is 2.34. The molecule has 0 atom stereocenters. The fraction of sp³-hybridized carbons (Fsp3) is 0.385. The zero-order chi connectivity index (χ0) is 12.0. The Kier molecular flexibility index (Phi) is 4.81. The summed E-state index contributed by atoms with van der Waals surface area (Å²) in [6.45, 7) is 4.84. The number of halogens is 1. The summed E-state index contributed by atoms with van der Waals surface area (Å²) >= 11 is 0. The Balaban J connectivity index is 2.70. The Morgan fingerprint density at radius 2 is 2.19 bits per heavy atom. The zero-order valence-corrected chi connectivity index (χ0v) is 9.59. The minimum Gasteiger partial charge on any atom is -0.481 e. The van der Waals surface area contributed by atoms with Gasteiger partial charge in [0, 0.05) is 18.7 Å². The van der Waals surface area contributed by atoms with E-state index in [4.69, 9.17) is 11.2 Å². The van der Waals surface area contributed by atoms with E-state index in [0.29, 0.717) is 18.3 Å². The van der Waals surface area contributed by atoms with Gasteiger partial charge in [0.25, 0.3) is 0 Å². The van der Waals surface area contributed by atoms with Gasteiger partial charge in [-0.2, -0.15) is 0 Å². The van der Waals surface area contributed by atoms with E-state index in [1.807, 2.05) is 13.8 Å². The Labute approximate surface area is 95.8 Å². The third-order valence-corrected chi connectivity index (χ3v) is 1.97. The quantitative estimate of drug-likeness (QED) is 0.770. The Morgan fingerprint density at radius 3 is 2.81 bits per heavy atom. The van der Waals surface area contributed by atoms with Crippen LogP contribution in [0.1, 0.15) is 19.4 Å². The summed E-state index contributed by atoms with van der Waals surface area (Å²) < 4.78 is 18.4. The van der Waals surface area contributed by atoms with Gasteiger partial charge in [0.1, 0.15) is 18.2 Å². The maximum atomic E-state index is 13.2. The second-order valence-corrected chi connectivity index (χ2v) is 3.82. The number of terminal acetylenes is 1. The van der Waals surface area contributed by atoms with Crippen LogP contribution in [0.3, 0.4) is 0 Å². The molecule has 1 N–H and O–H groups in total. The van der Waals surface area contributed by atoms with Crippen molar-refractivity contribution in [2.24, 2.45) is 0 Å². The van der Waals surface area contributed by atoms with Gasteiger partial charge in [-0.25, -0.2) is 4.39 Å². The van der Waals surface area contributed by atoms with Crippen LogP contribution in [0.5, 0.6) is 5.75 Å². The summed E-state index contributed by atoms with van der Waals surface area (Å²) in [5.74, 6) is 2.51. The molecule has 0 aliphatic carbocycles. The van der Waals surface area contributed by atoms with Crippen LogP contribution in [0.2, 0.25) is 0 Å². The summed E-state index contributed by atoms with van der Waals surface area (Å²) in [6, 6.07) is 4.96. The minimum absolute atomic E-state index is 0.153. The first-order valence-corrected chi connectivity index (χ1v) is 5.21. The molecule has 16 heavy (non-hydrogen) atoms. The zero-order valence-electron chi connectivity index (χ0n) is 9.59. The van der Waals surface area contributed by atoms with Crippen LogP contribution in [-0.2, 0) is 6.54 Å². The van der Waals surface area contributed by atoms with E-state index in [2.05, 4.69) is 11.2 Å². The maximum absolute atomic E-state index is 13.2. The lowest BCUT2D eigenvalue weighted by Crippen LogP contribution is -2.21. The van der Waals surface area contributed by atoms with E-state index in [1.165, 1.54) is 12.1 Å². The highest BCUT2D eigenvalue weighted by molar-refractivity contribution is 5.29. The number of nitrogens with one attached hydrogen (secondary N) is 1. The normalized spacial score (nSPS) is 10.2. The summed E-state index contributed by atoms with van der Waals surface area (Å²) in [7, 11) is 0. The van der Waals surface area contributed by atoms with Gasteiger partial charge in [-0.05, 0) is 17.7 Å². The van der Waals surface area contributed by atoms with Crippen molar-refractivity contribution in [3.63, 3.8) is 0 Å². The molecule has 0 aliphatic rings. The number of ether oxygens (including phenoxy) is 1. The Bertz CT molecular complexity index is 382. The topological polar surface area (TPSA) is 21.3 Å². The van der Waals surface area contributed by atoms with Crippen LogP contribution < -0.4 is 10.1 Å². The molecule has 2 nitrogen and oxygen atoms in total. The molecular weight excluding hydrogens is 205 g/mol. The van der Waals surface area contributed by atoms with Crippen LogP contribution in [-0.4, -0.2) is 12.6 Å². The third kappa shape index (κ3) is 4.33. The van der Waals surface area contributed by atoms with Crippen molar-refractivity contribution in [3.8, 4) is 18.1 Å². The summed E-state index contributed by atoms with van der Waals surface area (Å²) in [5.41, 5.74) is 0.848. The Hall–Kier alpha value is -1.53. The second kappa shape index (κ2) is 6.14. The van der Waals surface area contributed by atoms with Gasteiger partial charge >= 0.3 is 0 Å². The highest BCUT2D eigenvalue weighted by atomic mass is 19.1. The number of hydrogen-bond acceptors (Lipinski definition) is 2. The van der Waals surface area contributed by atoms with Crippen LogP contribution in [0.25, 0.3) is 0 Å². The predicted molar refractivity (Wildman–Crippen MR) is 62.7 cm³/mol. The van der Waals surface area contributed by atoms with Crippen LogP contribution >= 0.6 is 0 Å². The molecule has 3 heteroatoms. The van der Waals surface area contributed by atoms with Crippen molar-refractivity contribution >= 4 is 0 Å². The van der Waals surface area contributed by atoms with Crippen molar-refractivity contribution < 1.29 is 9.13 Å². The van der Waals surface area contributed by atoms with E-state index in [0.717, 1.165) is 5.56 Å². The third-order valence-electron chi connectivity index (χ3n) is 1.97. The molecule has 0 aromatic heterocycles. The van der Waals surface area contributed by atoms with Gasteiger partial charge in [-0.15, -0.1) is 6.42 Å². The summed E-state index contributed by atoms with van der Waals surface area (Å²) in [6.07, 6.45) is 5.07. The van der Waals surface area contributed by atoms with E-state index in [9.17, 15) is 4.39 Å². The molecule has 0 radical (unpaired) electrons. The molecule has 0 spiro atoms. The van der Waals surface area contributed by atoms with Crippen LogP contribution in [0, 0.1) is 18.2 Å². The largest absolute Gasteiger partial charge is 0.481 e. The van der Waals surface area contributed by atoms with Crippen molar-refractivity contribution in [2.45, 2.75) is 26.4 Å². The molecule has 0 unspecified atom stereocenters. The number of rotatable bonds is 5. The lowest BCUT2D eigenvalue weighted by atomic mass is 10.2. The second-order valence-electron chi connectivity index (χ2n) is 3.82. The fourth-order valence-electron chi connectivity index (χ4n) is 1.25. The van der Waals surface area contributed by atoms with Gasteiger partial charge < -0.3 is 10.1 Å². The van der Waals surface area contributed by atoms with Crippen molar-refractivity contribution in [1.29, 1.82) is 0 Å². The van der Waals surface area contributed by atoms with E-state index in [-0.39, 0.29) is 12.4 Å². The molecule has 0 heterocycles. The first-order valence-electron chi connectivity index (χ1n) is 5.21. The smallest absolute Gasteiger partial charge is 0.148 e. The monoisotopic (exact) mass is 221 g/mol. The van der Waals surface area contributed by atoms with Gasteiger partial charge in [0.15, 0.2) is 0 Å². The fourth-order valence-corrected chi connectivity index (χ4v) is 1.25. The minimum atomic E-state index is -0.310. The van der Waals surface area contributed by atoms with Crippen molar-refractivity contribution in [2.75, 3.05) is 6.61 Å². The van der Waals surface area contributed by atoms with Gasteiger partial charge in [-0.1, -0.05) is 19.8 Å². The van der Waals surface area contributed by atoms with E-state index >= 15 is 0 Å². The average molecular weight is 221 g/mol. The van der Waals surface area contributed by atoms with Gasteiger partial charge in [0.2, 0.25) is 0 Å².